The zero-order valence-corrected chi connectivity index (χ0v) is 17.0. The molecule has 5 N–H and O–H groups in total. The number of rotatable bonds is 6. The van der Waals surface area contributed by atoms with Crippen molar-refractivity contribution in [3.63, 3.8) is 0 Å². The fourth-order valence-electron chi connectivity index (χ4n) is 3.15. The Balaban J connectivity index is 2.15. The highest BCUT2D eigenvalue weighted by atomic mass is 16.5. The number of amides is 1. The molecule has 2 aromatic heterocycles. The lowest BCUT2D eigenvalue weighted by Gasteiger charge is -2.15. The first-order chi connectivity index (χ1) is 14.4. The second kappa shape index (κ2) is 8.82. The maximum absolute atomic E-state index is 12.1. The molecule has 3 rings (SSSR count). The molecule has 3 aromatic rings. The van der Waals surface area contributed by atoms with E-state index in [1.165, 1.54) is 6.20 Å². The second-order valence-corrected chi connectivity index (χ2v) is 6.61. The van der Waals surface area contributed by atoms with Crippen molar-refractivity contribution in [3.05, 3.63) is 40.7 Å². The Morgan fingerprint density at radius 1 is 1.30 bits per heavy atom. The fourth-order valence-corrected chi connectivity index (χ4v) is 3.15. The van der Waals surface area contributed by atoms with E-state index >= 15 is 0 Å². The van der Waals surface area contributed by atoms with Gasteiger partial charge in [0.2, 0.25) is 0 Å². The zero-order valence-electron chi connectivity index (χ0n) is 17.0. The third-order valence-electron chi connectivity index (χ3n) is 4.60. The first kappa shape index (κ1) is 21.1. The van der Waals surface area contributed by atoms with Crippen LogP contribution in [0.1, 0.15) is 27.2 Å². The highest BCUT2D eigenvalue weighted by Gasteiger charge is 2.24. The van der Waals surface area contributed by atoms with E-state index in [-0.39, 0.29) is 29.3 Å². The average molecular weight is 409 g/mol. The van der Waals surface area contributed by atoms with E-state index in [1.807, 2.05) is 6.92 Å². The molecule has 0 aliphatic rings. The van der Waals surface area contributed by atoms with Crippen LogP contribution >= 0.6 is 0 Å². The Morgan fingerprint density at radius 3 is 2.77 bits per heavy atom. The number of nitrogens with zero attached hydrogens (tertiary/aromatic N) is 3. The summed E-state index contributed by atoms with van der Waals surface area (Å²) in [6.07, 6.45) is 1.45. The molecule has 0 spiro atoms. The summed E-state index contributed by atoms with van der Waals surface area (Å²) in [6.45, 7) is 4.75. The third kappa shape index (κ3) is 3.91. The summed E-state index contributed by atoms with van der Waals surface area (Å²) in [4.78, 5) is 20.9. The van der Waals surface area contributed by atoms with Crippen LogP contribution in [-0.4, -0.2) is 52.5 Å². The van der Waals surface area contributed by atoms with Gasteiger partial charge in [-0.3, -0.25) is 9.36 Å². The van der Waals surface area contributed by atoms with Gasteiger partial charge in [0, 0.05) is 12.7 Å². The largest absolute Gasteiger partial charge is 0.508 e. The number of hydrogen-bond acceptors (Lipinski definition) is 7. The highest BCUT2D eigenvalue weighted by Crippen LogP contribution is 2.34. The van der Waals surface area contributed by atoms with Crippen molar-refractivity contribution in [1.82, 2.24) is 14.5 Å². The van der Waals surface area contributed by atoms with Gasteiger partial charge in [-0.25, -0.2) is 9.97 Å². The number of phenolic OH excluding ortho intramolecular Hbond substituents is 1. The summed E-state index contributed by atoms with van der Waals surface area (Å²) >= 11 is 0. The van der Waals surface area contributed by atoms with Gasteiger partial charge in [0.1, 0.15) is 34.9 Å². The number of benzene rings is 1. The molecule has 156 valence electrons. The van der Waals surface area contributed by atoms with Gasteiger partial charge in [-0.05, 0) is 31.4 Å². The van der Waals surface area contributed by atoms with Crippen LogP contribution in [0.2, 0.25) is 0 Å². The molecule has 1 aromatic carbocycles. The van der Waals surface area contributed by atoms with E-state index in [9.17, 15) is 9.90 Å². The minimum Gasteiger partial charge on any atom is -0.508 e. The summed E-state index contributed by atoms with van der Waals surface area (Å²) in [5.74, 6) is 5.22. The lowest BCUT2D eigenvalue weighted by atomic mass is 10.1. The van der Waals surface area contributed by atoms with Gasteiger partial charge in [0.05, 0.1) is 25.1 Å². The molecule has 0 fully saturated rings. The van der Waals surface area contributed by atoms with Crippen LogP contribution in [0.5, 0.6) is 5.75 Å². The monoisotopic (exact) mass is 409 g/mol. The number of methoxy groups -OCH3 is 1. The van der Waals surface area contributed by atoms with Crippen LogP contribution in [0, 0.1) is 25.7 Å². The van der Waals surface area contributed by atoms with Crippen LogP contribution < -0.4 is 11.5 Å². The maximum Gasteiger partial charge on any atom is 0.254 e. The summed E-state index contributed by atoms with van der Waals surface area (Å²) in [7, 11) is 1.59. The summed E-state index contributed by atoms with van der Waals surface area (Å²) in [6, 6.07) is 3.35. The summed E-state index contributed by atoms with van der Waals surface area (Å²) in [5.41, 5.74) is 14.9. The maximum atomic E-state index is 12.1. The molecule has 0 aliphatic heterocycles. The number of primary amides is 1. The van der Waals surface area contributed by atoms with E-state index < -0.39 is 5.91 Å². The number of hydrogen-bond donors (Lipinski definition) is 3. The van der Waals surface area contributed by atoms with Crippen molar-refractivity contribution < 1.29 is 19.4 Å². The van der Waals surface area contributed by atoms with Crippen molar-refractivity contribution in [2.45, 2.75) is 13.8 Å². The van der Waals surface area contributed by atoms with Gasteiger partial charge in [-0.2, -0.15) is 0 Å². The van der Waals surface area contributed by atoms with Gasteiger partial charge in [0.25, 0.3) is 5.91 Å². The number of fused-ring (bicyclic) bond motifs is 1. The van der Waals surface area contributed by atoms with Crippen LogP contribution in [0.15, 0.2) is 18.3 Å². The van der Waals surface area contributed by atoms with E-state index in [1.54, 1.807) is 30.7 Å². The summed E-state index contributed by atoms with van der Waals surface area (Å²) in [5, 5.41) is 10.2. The normalized spacial score (nSPS) is 10.8. The van der Waals surface area contributed by atoms with E-state index in [0.29, 0.717) is 35.8 Å². The Morgan fingerprint density at radius 2 is 2.07 bits per heavy atom. The number of nitrogen functional groups attached to an aromatic ring is 1. The van der Waals surface area contributed by atoms with Gasteiger partial charge in [-0.1, -0.05) is 12.0 Å². The van der Waals surface area contributed by atoms with Crippen LogP contribution in [0.4, 0.5) is 5.82 Å². The molecule has 0 unspecified atom stereocenters. The topological polar surface area (TPSA) is 139 Å². The number of carbonyl (C=O) groups excluding carboxylic acids is 1. The van der Waals surface area contributed by atoms with E-state index in [4.69, 9.17) is 20.9 Å². The molecule has 30 heavy (non-hydrogen) atoms. The molecule has 9 nitrogen and oxygen atoms in total. The van der Waals surface area contributed by atoms with Crippen molar-refractivity contribution in [1.29, 1.82) is 0 Å². The second-order valence-electron chi connectivity index (χ2n) is 6.61. The highest BCUT2D eigenvalue weighted by molar-refractivity contribution is 6.09. The van der Waals surface area contributed by atoms with Crippen LogP contribution in [0.25, 0.3) is 16.9 Å². The minimum atomic E-state index is -0.716. The number of anilines is 1. The van der Waals surface area contributed by atoms with E-state index in [0.717, 1.165) is 5.56 Å². The minimum absolute atomic E-state index is 0.0713. The number of aromatic nitrogens is 3. The molecule has 9 heteroatoms. The van der Waals surface area contributed by atoms with Crippen molar-refractivity contribution in [2.24, 2.45) is 5.73 Å². The van der Waals surface area contributed by atoms with Crippen LogP contribution in [-0.2, 0) is 9.47 Å². The first-order valence-corrected chi connectivity index (χ1v) is 9.18. The molecule has 2 heterocycles. The van der Waals surface area contributed by atoms with Gasteiger partial charge >= 0.3 is 0 Å². The number of carbonyl (C=O) groups is 1. The van der Waals surface area contributed by atoms with Crippen molar-refractivity contribution in [3.8, 4) is 23.3 Å². The first-order valence-electron chi connectivity index (χ1n) is 9.18. The van der Waals surface area contributed by atoms with Crippen LogP contribution in [0.3, 0.4) is 0 Å². The Bertz CT molecular complexity index is 1170. The number of ether oxygens (including phenoxy) is 2. The predicted molar refractivity (Wildman–Crippen MR) is 113 cm³/mol. The molecule has 0 aliphatic carbocycles. The Labute approximate surface area is 173 Å². The number of aromatic hydroxyl groups is 1. The third-order valence-corrected chi connectivity index (χ3v) is 4.60. The predicted octanol–water partition coefficient (Wildman–Crippen LogP) is 1.44. The van der Waals surface area contributed by atoms with E-state index in [2.05, 4.69) is 21.8 Å². The van der Waals surface area contributed by atoms with Crippen molar-refractivity contribution >= 4 is 22.9 Å². The van der Waals surface area contributed by atoms with Crippen molar-refractivity contribution in [2.75, 3.05) is 32.7 Å². The quantitative estimate of drug-likeness (QED) is 0.413. The van der Waals surface area contributed by atoms with Gasteiger partial charge < -0.3 is 26.0 Å². The number of phenols is 1. The lowest BCUT2D eigenvalue weighted by Crippen LogP contribution is -2.14. The average Bonchev–Trinajstić information content (AvgIpc) is 2.99. The molecule has 0 saturated heterocycles. The molecule has 0 bridgehead atoms. The fraction of sp³-hybridized carbons (Fsp3) is 0.286. The molecule has 0 saturated carbocycles. The van der Waals surface area contributed by atoms with Gasteiger partial charge in [0.15, 0.2) is 5.65 Å². The standard InChI is InChI=1S/C21H23N5O4/c1-12-6-7-15(27)13(2)18(12)26-19(22)16(20(23)28)17-21(26)25-14(11-24-17)5-4-8-30-10-9-29-3/h6-7,11,27H,8-10,22H2,1-3H3,(H2,23,28). The molecular weight excluding hydrogens is 386 g/mol. The molecule has 0 radical (unpaired) electrons. The molecule has 1 amide bonds. The number of aryl methyl sites for hydroxylation is 1. The molecule has 0 atom stereocenters. The smallest absolute Gasteiger partial charge is 0.254 e. The summed E-state index contributed by atoms with van der Waals surface area (Å²) < 4.78 is 11.8. The number of nitrogens with two attached hydrogens (primary N) is 2. The lowest BCUT2D eigenvalue weighted by molar-refractivity contribution is 0.0877. The zero-order chi connectivity index (χ0) is 21.8. The Kier molecular flexibility index (Phi) is 6.20. The SMILES string of the molecule is COCCOCC#Cc1cnc2c(C(N)=O)c(N)n(-c3c(C)ccc(O)c3C)c2n1. The Hall–Kier alpha value is -3.61. The van der Waals surface area contributed by atoms with Gasteiger partial charge in [-0.15, -0.1) is 0 Å². The molecular formula is C21H23N5O4.